The van der Waals surface area contributed by atoms with Gasteiger partial charge in [0.05, 0.1) is 17.1 Å². The molecule has 0 bridgehead atoms. The van der Waals surface area contributed by atoms with Crippen LogP contribution in [0.25, 0.3) is 10.6 Å². The van der Waals surface area contributed by atoms with E-state index in [0.717, 1.165) is 30.0 Å². The van der Waals surface area contributed by atoms with Crippen LogP contribution in [0.3, 0.4) is 0 Å². The molecule has 10 heteroatoms. The van der Waals surface area contributed by atoms with Crippen LogP contribution in [0.4, 0.5) is 0 Å². The Balaban J connectivity index is 1.74. The van der Waals surface area contributed by atoms with Crippen molar-refractivity contribution in [1.29, 1.82) is 0 Å². The van der Waals surface area contributed by atoms with E-state index < -0.39 is 10.0 Å². The number of nitrogens with one attached hydrogen (secondary N) is 1. The Morgan fingerprint density at radius 1 is 1.38 bits per heavy atom. The minimum atomic E-state index is -3.62. The highest BCUT2D eigenvalue weighted by Gasteiger charge is 2.19. The maximum absolute atomic E-state index is 12.4. The lowest BCUT2D eigenvalue weighted by molar-refractivity contribution is 0.428. The molecule has 0 atom stereocenters. The van der Waals surface area contributed by atoms with Crippen LogP contribution in [0.5, 0.6) is 0 Å². The third kappa shape index (κ3) is 3.55. The van der Waals surface area contributed by atoms with Crippen molar-refractivity contribution in [1.82, 2.24) is 24.6 Å². The van der Waals surface area contributed by atoms with Gasteiger partial charge in [0.25, 0.3) is 0 Å². The van der Waals surface area contributed by atoms with Crippen LogP contribution in [-0.4, -0.2) is 28.3 Å². The van der Waals surface area contributed by atoms with Crippen molar-refractivity contribution >= 4 is 21.4 Å². The molecule has 3 heterocycles. The zero-order valence-electron chi connectivity index (χ0n) is 13.3. The Bertz CT molecular complexity index is 926. The van der Waals surface area contributed by atoms with Gasteiger partial charge in [0, 0.05) is 12.6 Å². The van der Waals surface area contributed by atoms with Crippen LogP contribution >= 0.6 is 11.3 Å². The second-order valence-electron chi connectivity index (χ2n) is 5.22. The lowest BCUT2D eigenvalue weighted by Gasteiger charge is -2.06. The van der Waals surface area contributed by atoms with E-state index in [0.29, 0.717) is 16.5 Å². The molecule has 0 unspecified atom stereocenters. The van der Waals surface area contributed by atoms with Crippen LogP contribution in [0.15, 0.2) is 33.3 Å². The fraction of sp³-hybridized carbons (Fsp3) is 0.357. The van der Waals surface area contributed by atoms with Crippen molar-refractivity contribution in [2.45, 2.75) is 37.6 Å². The summed E-state index contributed by atoms with van der Waals surface area (Å²) in [5, 5.41) is 11.6. The van der Waals surface area contributed by atoms with E-state index >= 15 is 0 Å². The van der Waals surface area contributed by atoms with Crippen LogP contribution in [-0.2, 0) is 23.1 Å². The first kappa shape index (κ1) is 16.8. The predicted molar refractivity (Wildman–Crippen MR) is 88.9 cm³/mol. The lowest BCUT2D eigenvalue weighted by atomic mass is 10.3. The molecule has 0 fully saturated rings. The van der Waals surface area contributed by atoms with Gasteiger partial charge in [0.2, 0.25) is 10.0 Å². The monoisotopic (exact) mass is 367 g/mol. The highest BCUT2D eigenvalue weighted by Crippen LogP contribution is 2.31. The normalized spacial score (nSPS) is 11.9. The summed E-state index contributed by atoms with van der Waals surface area (Å²) in [6, 6.07) is 5.03. The molecule has 0 aromatic carbocycles. The topological polar surface area (TPSA) is 103 Å². The molecule has 3 rings (SSSR count). The first-order chi connectivity index (χ1) is 11.5. The van der Waals surface area contributed by atoms with Crippen molar-refractivity contribution in [3.63, 3.8) is 0 Å². The predicted octanol–water partition coefficient (Wildman–Crippen LogP) is 2.19. The zero-order chi connectivity index (χ0) is 17.2. The van der Waals surface area contributed by atoms with Gasteiger partial charge in [-0.25, -0.2) is 13.1 Å². The van der Waals surface area contributed by atoms with Crippen LogP contribution < -0.4 is 4.72 Å². The van der Waals surface area contributed by atoms with E-state index in [4.69, 9.17) is 4.52 Å². The highest BCUT2D eigenvalue weighted by molar-refractivity contribution is 7.91. The molecule has 128 valence electrons. The molecular formula is C14H17N5O3S2. The number of hydrogen-bond acceptors (Lipinski definition) is 7. The molecule has 0 aliphatic rings. The summed E-state index contributed by atoms with van der Waals surface area (Å²) in [4.78, 5) is 0.713. The standard InChI is InChI=1S/C14H17N5O3S2/c1-3-6-19-9-15-17-13(19)8-16-24(20,21)14-5-4-12(23-14)11-7-10(2)18-22-11/h4-5,7,9,16H,3,6,8H2,1-2H3. The van der Waals surface area contributed by atoms with Crippen molar-refractivity contribution in [3.05, 3.63) is 36.0 Å². The van der Waals surface area contributed by atoms with Gasteiger partial charge >= 0.3 is 0 Å². The average Bonchev–Trinajstić information content (AvgIpc) is 3.25. The number of aryl methyl sites for hydroxylation is 2. The number of thiophene rings is 1. The first-order valence-corrected chi connectivity index (χ1v) is 9.69. The molecule has 3 aromatic rings. The number of hydrogen-bond donors (Lipinski definition) is 1. The number of rotatable bonds is 7. The Labute approximate surface area is 143 Å². The summed E-state index contributed by atoms with van der Waals surface area (Å²) in [6.45, 7) is 4.69. The Morgan fingerprint density at radius 2 is 2.21 bits per heavy atom. The SMILES string of the molecule is CCCn1cnnc1CNS(=O)(=O)c1ccc(-c2cc(C)no2)s1. The van der Waals surface area contributed by atoms with Gasteiger partial charge in [0.1, 0.15) is 16.4 Å². The van der Waals surface area contributed by atoms with Gasteiger partial charge in [0.15, 0.2) is 5.76 Å². The van der Waals surface area contributed by atoms with Crippen LogP contribution in [0.1, 0.15) is 24.9 Å². The number of nitrogens with zero attached hydrogens (tertiary/aromatic N) is 4. The van der Waals surface area contributed by atoms with Crippen LogP contribution in [0, 0.1) is 6.92 Å². The van der Waals surface area contributed by atoms with Crippen molar-refractivity contribution < 1.29 is 12.9 Å². The van der Waals surface area contributed by atoms with Crippen LogP contribution in [0.2, 0.25) is 0 Å². The van der Waals surface area contributed by atoms with Crippen molar-refractivity contribution in [2.24, 2.45) is 0 Å². The van der Waals surface area contributed by atoms with Gasteiger partial charge in [-0.2, -0.15) is 0 Å². The largest absolute Gasteiger partial charge is 0.355 e. The molecule has 0 saturated heterocycles. The molecule has 24 heavy (non-hydrogen) atoms. The van der Waals surface area contributed by atoms with E-state index in [2.05, 4.69) is 20.1 Å². The van der Waals surface area contributed by atoms with Gasteiger partial charge in [-0.1, -0.05) is 12.1 Å². The summed E-state index contributed by atoms with van der Waals surface area (Å²) >= 11 is 1.13. The average molecular weight is 367 g/mol. The fourth-order valence-electron chi connectivity index (χ4n) is 2.15. The third-order valence-electron chi connectivity index (χ3n) is 3.30. The maximum atomic E-state index is 12.4. The smallest absolute Gasteiger partial charge is 0.250 e. The Hall–Kier alpha value is -2.04. The molecule has 1 N–H and O–H groups in total. The minimum absolute atomic E-state index is 0.0942. The fourth-order valence-corrected chi connectivity index (χ4v) is 4.43. The molecule has 3 aromatic heterocycles. The number of aromatic nitrogens is 4. The summed E-state index contributed by atoms with van der Waals surface area (Å²) < 4.78 is 34.7. The second-order valence-corrected chi connectivity index (χ2v) is 8.29. The molecular weight excluding hydrogens is 350 g/mol. The van der Waals surface area contributed by atoms with Gasteiger partial charge in [-0.15, -0.1) is 21.5 Å². The highest BCUT2D eigenvalue weighted by atomic mass is 32.2. The molecule has 0 saturated carbocycles. The second kappa shape index (κ2) is 6.83. The van der Waals surface area contributed by atoms with Gasteiger partial charge in [-0.3, -0.25) is 0 Å². The third-order valence-corrected chi connectivity index (χ3v) is 6.29. The molecule has 0 spiro atoms. The molecule has 0 amide bonds. The van der Waals surface area contributed by atoms with Crippen molar-refractivity contribution in [2.75, 3.05) is 0 Å². The van der Waals surface area contributed by atoms with Gasteiger partial charge in [-0.05, 0) is 25.5 Å². The van der Waals surface area contributed by atoms with E-state index in [1.165, 1.54) is 0 Å². The molecule has 0 radical (unpaired) electrons. The number of sulfonamides is 1. The molecule has 8 nitrogen and oxygen atoms in total. The van der Waals surface area contributed by atoms with E-state index in [9.17, 15) is 8.42 Å². The lowest BCUT2D eigenvalue weighted by Crippen LogP contribution is -2.24. The quantitative estimate of drug-likeness (QED) is 0.687. The molecule has 0 aliphatic heterocycles. The van der Waals surface area contributed by atoms with E-state index in [-0.39, 0.29) is 10.8 Å². The maximum Gasteiger partial charge on any atom is 0.250 e. The summed E-state index contributed by atoms with van der Waals surface area (Å²) in [5.41, 5.74) is 0.746. The minimum Gasteiger partial charge on any atom is -0.355 e. The summed E-state index contributed by atoms with van der Waals surface area (Å²) in [6.07, 6.45) is 2.52. The zero-order valence-corrected chi connectivity index (χ0v) is 14.9. The van der Waals surface area contributed by atoms with E-state index in [1.54, 1.807) is 24.5 Å². The Morgan fingerprint density at radius 3 is 2.92 bits per heavy atom. The Kier molecular flexibility index (Phi) is 4.78. The molecule has 0 aliphatic carbocycles. The summed E-state index contributed by atoms with van der Waals surface area (Å²) in [7, 11) is -3.62. The van der Waals surface area contributed by atoms with Gasteiger partial charge < -0.3 is 9.09 Å². The summed E-state index contributed by atoms with van der Waals surface area (Å²) in [5.74, 6) is 1.14. The van der Waals surface area contributed by atoms with Crippen molar-refractivity contribution in [3.8, 4) is 10.6 Å². The van der Waals surface area contributed by atoms with E-state index in [1.807, 2.05) is 18.4 Å². The first-order valence-electron chi connectivity index (χ1n) is 7.39.